The lowest BCUT2D eigenvalue weighted by molar-refractivity contribution is -0.136. The van der Waals surface area contributed by atoms with Crippen molar-refractivity contribution in [3.63, 3.8) is 0 Å². The van der Waals surface area contributed by atoms with Crippen LogP contribution in [0.25, 0.3) is 0 Å². The SMILES string of the molecule is CC(=O)C(=O)NCc1cc(Br)ccc1C. The van der Waals surface area contributed by atoms with Crippen molar-refractivity contribution in [2.45, 2.75) is 20.4 Å². The van der Waals surface area contributed by atoms with Gasteiger partial charge in [0, 0.05) is 17.9 Å². The molecule has 0 aliphatic rings. The molecule has 1 N–H and O–H groups in total. The van der Waals surface area contributed by atoms with Crippen molar-refractivity contribution in [1.82, 2.24) is 5.32 Å². The molecule has 0 radical (unpaired) electrons. The summed E-state index contributed by atoms with van der Waals surface area (Å²) in [6, 6.07) is 5.82. The Bertz CT molecular complexity index is 402. The van der Waals surface area contributed by atoms with Crippen LogP contribution in [0.15, 0.2) is 22.7 Å². The van der Waals surface area contributed by atoms with Crippen molar-refractivity contribution in [2.24, 2.45) is 0 Å². The summed E-state index contributed by atoms with van der Waals surface area (Å²) in [5, 5.41) is 2.56. The van der Waals surface area contributed by atoms with E-state index in [1.54, 1.807) is 0 Å². The average Bonchev–Trinajstić information content (AvgIpc) is 2.18. The van der Waals surface area contributed by atoms with E-state index in [1.165, 1.54) is 6.92 Å². The van der Waals surface area contributed by atoms with Crippen LogP contribution in [0.2, 0.25) is 0 Å². The first-order chi connectivity index (χ1) is 7.00. The number of aryl methyl sites for hydroxylation is 1. The standard InChI is InChI=1S/C11H12BrNO2/c1-7-3-4-10(12)5-9(7)6-13-11(15)8(2)14/h3-5H,6H2,1-2H3,(H,13,15). The van der Waals surface area contributed by atoms with Gasteiger partial charge in [0.15, 0.2) is 0 Å². The molecule has 0 aliphatic heterocycles. The summed E-state index contributed by atoms with van der Waals surface area (Å²) in [5.41, 5.74) is 2.08. The highest BCUT2D eigenvalue weighted by molar-refractivity contribution is 9.10. The molecule has 0 saturated heterocycles. The van der Waals surface area contributed by atoms with Gasteiger partial charge in [0.2, 0.25) is 5.78 Å². The summed E-state index contributed by atoms with van der Waals surface area (Å²) in [6.07, 6.45) is 0. The summed E-state index contributed by atoms with van der Waals surface area (Å²) in [6.45, 7) is 3.59. The van der Waals surface area contributed by atoms with Crippen LogP contribution < -0.4 is 5.32 Å². The fraction of sp³-hybridized carbons (Fsp3) is 0.273. The number of ketones is 1. The minimum absolute atomic E-state index is 0.379. The molecular weight excluding hydrogens is 258 g/mol. The van der Waals surface area contributed by atoms with Gasteiger partial charge in [-0.3, -0.25) is 9.59 Å². The predicted octanol–water partition coefficient (Wildman–Crippen LogP) is 1.96. The Balaban J connectivity index is 2.69. The largest absolute Gasteiger partial charge is 0.345 e. The van der Waals surface area contributed by atoms with Gasteiger partial charge in [0.05, 0.1) is 0 Å². The highest BCUT2D eigenvalue weighted by atomic mass is 79.9. The third-order valence-electron chi connectivity index (χ3n) is 2.07. The maximum absolute atomic E-state index is 11.0. The first-order valence-electron chi connectivity index (χ1n) is 4.54. The molecule has 0 aromatic heterocycles. The zero-order chi connectivity index (χ0) is 11.4. The normalized spacial score (nSPS) is 9.80. The van der Waals surface area contributed by atoms with Crippen molar-refractivity contribution >= 4 is 27.6 Å². The van der Waals surface area contributed by atoms with E-state index in [0.29, 0.717) is 6.54 Å². The number of amides is 1. The van der Waals surface area contributed by atoms with Crippen LogP contribution >= 0.6 is 15.9 Å². The highest BCUT2D eigenvalue weighted by Crippen LogP contribution is 2.15. The summed E-state index contributed by atoms with van der Waals surface area (Å²) in [7, 11) is 0. The molecule has 0 spiro atoms. The molecule has 0 atom stereocenters. The third kappa shape index (κ3) is 3.47. The number of nitrogens with one attached hydrogen (secondary N) is 1. The van der Waals surface area contributed by atoms with Crippen LogP contribution in [-0.2, 0) is 16.1 Å². The Kier molecular flexibility index (Phi) is 4.03. The number of hydrogen-bond donors (Lipinski definition) is 1. The van der Waals surface area contributed by atoms with Gasteiger partial charge in [-0.25, -0.2) is 0 Å². The van der Waals surface area contributed by atoms with Crippen molar-refractivity contribution in [2.75, 3.05) is 0 Å². The second-order valence-corrected chi connectivity index (χ2v) is 4.23. The maximum atomic E-state index is 11.0. The average molecular weight is 270 g/mol. The molecule has 1 aromatic carbocycles. The molecule has 1 amide bonds. The van der Waals surface area contributed by atoms with E-state index in [2.05, 4.69) is 21.2 Å². The molecule has 80 valence electrons. The molecule has 1 aromatic rings. The van der Waals surface area contributed by atoms with Gasteiger partial charge in [-0.1, -0.05) is 22.0 Å². The number of halogens is 1. The number of carbonyl (C=O) groups excluding carboxylic acids is 2. The molecule has 0 heterocycles. The van der Waals surface area contributed by atoms with Gasteiger partial charge in [-0.05, 0) is 30.2 Å². The van der Waals surface area contributed by atoms with E-state index in [4.69, 9.17) is 0 Å². The first-order valence-corrected chi connectivity index (χ1v) is 5.34. The Labute approximate surface area is 97.0 Å². The number of rotatable bonds is 3. The van der Waals surface area contributed by atoms with Crippen LogP contribution in [0.1, 0.15) is 18.1 Å². The van der Waals surface area contributed by atoms with Crippen LogP contribution in [-0.4, -0.2) is 11.7 Å². The number of Topliss-reactive ketones (excluding diaryl/α,β-unsaturated/α-hetero) is 1. The molecule has 0 bridgehead atoms. The van der Waals surface area contributed by atoms with Gasteiger partial charge in [-0.15, -0.1) is 0 Å². The van der Waals surface area contributed by atoms with Gasteiger partial charge in [0.25, 0.3) is 5.91 Å². The molecule has 1 rings (SSSR count). The lowest BCUT2D eigenvalue weighted by Gasteiger charge is -2.07. The Hall–Kier alpha value is -1.16. The molecule has 4 heteroatoms. The number of benzene rings is 1. The second-order valence-electron chi connectivity index (χ2n) is 3.31. The third-order valence-corrected chi connectivity index (χ3v) is 2.56. The summed E-state index contributed by atoms with van der Waals surface area (Å²) in [5.74, 6) is -1.02. The van der Waals surface area contributed by atoms with Gasteiger partial charge in [-0.2, -0.15) is 0 Å². The minimum Gasteiger partial charge on any atom is -0.345 e. The quantitative estimate of drug-likeness (QED) is 0.853. The van der Waals surface area contributed by atoms with E-state index in [-0.39, 0.29) is 0 Å². The van der Waals surface area contributed by atoms with E-state index >= 15 is 0 Å². The zero-order valence-electron chi connectivity index (χ0n) is 8.63. The monoisotopic (exact) mass is 269 g/mol. The van der Waals surface area contributed by atoms with Gasteiger partial charge >= 0.3 is 0 Å². The summed E-state index contributed by atoms with van der Waals surface area (Å²) >= 11 is 3.35. The van der Waals surface area contributed by atoms with Crippen molar-refractivity contribution < 1.29 is 9.59 Å². The number of hydrogen-bond acceptors (Lipinski definition) is 2. The highest BCUT2D eigenvalue weighted by Gasteiger charge is 2.07. The molecule has 0 saturated carbocycles. The Morgan fingerprint density at radius 2 is 2.07 bits per heavy atom. The summed E-state index contributed by atoms with van der Waals surface area (Å²) in [4.78, 5) is 21.7. The molecular formula is C11H12BrNO2. The molecule has 3 nitrogen and oxygen atoms in total. The smallest absolute Gasteiger partial charge is 0.287 e. The van der Waals surface area contributed by atoms with E-state index in [0.717, 1.165) is 15.6 Å². The fourth-order valence-corrected chi connectivity index (χ4v) is 1.54. The summed E-state index contributed by atoms with van der Waals surface area (Å²) < 4.78 is 0.958. The van der Waals surface area contributed by atoms with E-state index in [1.807, 2.05) is 25.1 Å². The van der Waals surface area contributed by atoms with Crippen molar-refractivity contribution in [1.29, 1.82) is 0 Å². The maximum Gasteiger partial charge on any atom is 0.287 e. The van der Waals surface area contributed by atoms with Crippen molar-refractivity contribution in [3.8, 4) is 0 Å². The van der Waals surface area contributed by atoms with Gasteiger partial charge in [0.1, 0.15) is 0 Å². The van der Waals surface area contributed by atoms with E-state index < -0.39 is 11.7 Å². The first kappa shape index (κ1) is 11.9. The minimum atomic E-state index is -0.547. The van der Waals surface area contributed by atoms with E-state index in [9.17, 15) is 9.59 Å². The molecule has 0 unspecified atom stereocenters. The van der Waals surface area contributed by atoms with Crippen LogP contribution in [0.5, 0.6) is 0 Å². The van der Waals surface area contributed by atoms with Crippen LogP contribution in [0.4, 0.5) is 0 Å². The Morgan fingerprint density at radius 3 is 2.67 bits per heavy atom. The van der Waals surface area contributed by atoms with Crippen LogP contribution in [0, 0.1) is 6.92 Å². The van der Waals surface area contributed by atoms with Crippen LogP contribution in [0.3, 0.4) is 0 Å². The molecule has 0 aliphatic carbocycles. The lowest BCUT2D eigenvalue weighted by atomic mass is 10.1. The van der Waals surface area contributed by atoms with Crippen molar-refractivity contribution in [3.05, 3.63) is 33.8 Å². The predicted molar refractivity (Wildman–Crippen MR) is 61.4 cm³/mol. The molecule has 15 heavy (non-hydrogen) atoms. The Morgan fingerprint density at radius 1 is 1.40 bits per heavy atom. The topological polar surface area (TPSA) is 46.2 Å². The zero-order valence-corrected chi connectivity index (χ0v) is 10.2. The molecule has 0 fully saturated rings. The van der Waals surface area contributed by atoms with Gasteiger partial charge < -0.3 is 5.32 Å². The lowest BCUT2D eigenvalue weighted by Crippen LogP contribution is -2.28. The number of carbonyl (C=O) groups is 2. The second kappa shape index (κ2) is 5.07. The fourth-order valence-electron chi connectivity index (χ4n) is 1.13.